The number of likely N-dealkylation sites (N-methyl/N-ethyl adjacent to an activating group) is 1. The highest BCUT2D eigenvalue weighted by Crippen LogP contribution is 2.27. The van der Waals surface area contributed by atoms with Crippen LogP contribution in [0.25, 0.3) is 0 Å². The Morgan fingerprint density at radius 2 is 2.16 bits per heavy atom. The standard InChI is InChI=1S/C18H19FN2O4/c1-20(11-16-12(8-10-25-16)18(23)24-2)15-7-9-21(17(15)22)14-6-4-3-5-13(14)19/h3-6,8,10,15H,7,9,11H2,1-2H3/t15-/m0/s1. The monoisotopic (exact) mass is 346 g/mol. The van der Waals surface area contributed by atoms with Crippen molar-refractivity contribution < 1.29 is 23.1 Å². The fourth-order valence-electron chi connectivity index (χ4n) is 3.08. The van der Waals surface area contributed by atoms with E-state index in [0.29, 0.717) is 24.3 Å². The summed E-state index contributed by atoms with van der Waals surface area (Å²) in [5, 5.41) is 0. The van der Waals surface area contributed by atoms with Crippen LogP contribution in [0, 0.1) is 5.82 Å². The number of ether oxygens (including phenoxy) is 1. The second kappa shape index (κ2) is 7.06. The Balaban J connectivity index is 1.73. The molecule has 0 N–H and O–H groups in total. The molecule has 1 fully saturated rings. The van der Waals surface area contributed by atoms with Gasteiger partial charge in [0, 0.05) is 6.54 Å². The average Bonchev–Trinajstić information content (AvgIpc) is 3.21. The summed E-state index contributed by atoms with van der Waals surface area (Å²) in [6, 6.07) is 7.36. The Bertz CT molecular complexity index is 789. The van der Waals surface area contributed by atoms with Gasteiger partial charge >= 0.3 is 5.97 Å². The molecule has 1 aliphatic heterocycles. The number of carbonyl (C=O) groups excluding carboxylic acids is 2. The minimum absolute atomic E-state index is 0.168. The smallest absolute Gasteiger partial charge is 0.341 e. The quantitative estimate of drug-likeness (QED) is 0.778. The highest BCUT2D eigenvalue weighted by atomic mass is 19.1. The Morgan fingerprint density at radius 3 is 2.88 bits per heavy atom. The summed E-state index contributed by atoms with van der Waals surface area (Å²) in [7, 11) is 3.08. The molecule has 6 nitrogen and oxygen atoms in total. The molecule has 1 aromatic carbocycles. The second-order valence-corrected chi connectivity index (χ2v) is 5.91. The summed E-state index contributed by atoms with van der Waals surface area (Å²) in [5.74, 6) is -0.633. The summed E-state index contributed by atoms with van der Waals surface area (Å²) in [6.45, 7) is 0.718. The first-order valence-corrected chi connectivity index (χ1v) is 7.93. The van der Waals surface area contributed by atoms with Gasteiger partial charge in [-0.1, -0.05) is 12.1 Å². The van der Waals surface area contributed by atoms with Crippen molar-refractivity contribution in [2.75, 3.05) is 25.6 Å². The van der Waals surface area contributed by atoms with Crippen molar-refractivity contribution in [2.24, 2.45) is 0 Å². The van der Waals surface area contributed by atoms with Crippen molar-refractivity contribution in [1.82, 2.24) is 4.90 Å². The van der Waals surface area contributed by atoms with Crippen LogP contribution in [0.15, 0.2) is 41.0 Å². The zero-order chi connectivity index (χ0) is 18.0. The fraction of sp³-hybridized carbons (Fsp3) is 0.333. The molecule has 1 atom stereocenters. The molecule has 7 heteroatoms. The molecule has 0 saturated carbocycles. The van der Waals surface area contributed by atoms with E-state index >= 15 is 0 Å². The molecule has 0 radical (unpaired) electrons. The van der Waals surface area contributed by atoms with Crippen LogP contribution in [0.3, 0.4) is 0 Å². The van der Waals surface area contributed by atoms with Gasteiger partial charge in [-0.05, 0) is 31.7 Å². The number of furan rings is 1. The zero-order valence-electron chi connectivity index (χ0n) is 14.1. The molecular formula is C18H19FN2O4. The van der Waals surface area contributed by atoms with Gasteiger partial charge in [0.1, 0.15) is 17.1 Å². The van der Waals surface area contributed by atoms with Crippen LogP contribution in [-0.2, 0) is 16.1 Å². The number of carbonyl (C=O) groups is 2. The van der Waals surface area contributed by atoms with E-state index in [-0.39, 0.29) is 18.1 Å². The lowest BCUT2D eigenvalue weighted by molar-refractivity contribution is -0.121. The van der Waals surface area contributed by atoms with Crippen LogP contribution >= 0.6 is 0 Å². The van der Waals surface area contributed by atoms with Crippen LogP contribution in [-0.4, -0.2) is 43.5 Å². The predicted molar refractivity (Wildman–Crippen MR) is 88.7 cm³/mol. The van der Waals surface area contributed by atoms with Crippen LogP contribution in [0.4, 0.5) is 10.1 Å². The van der Waals surface area contributed by atoms with Gasteiger partial charge in [0.25, 0.3) is 0 Å². The van der Waals surface area contributed by atoms with Crippen molar-refractivity contribution in [3.63, 3.8) is 0 Å². The maximum absolute atomic E-state index is 14.0. The van der Waals surface area contributed by atoms with Gasteiger partial charge in [-0.15, -0.1) is 0 Å². The lowest BCUT2D eigenvalue weighted by atomic mass is 10.2. The van der Waals surface area contributed by atoms with Gasteiger partial charge in [0.05, 0.1) is 31.6 Å². The van der Waals surface area contributed by atoms with Crippen molar-refractivity contribution >= 4 is 17.6 Å². The van der Waals surface area contributed by atoms with Crippen molar-refractivity contribution in [1.29, 1.82) is 0 Å². The molecule has 0 bridgehead atoms. The Kier molecular flexibility index (Phi) is 4.85. The van der Waals surface area contributed by atoms with E-state index < -0.39 is 17.8 Å². The minimum atomic E-state index is -0.483. The van der Waals surface area contributed by atoms with Gasteiger partial charge in [-0.3, -0.25) is 9.69 Å². The zero-order valence-corrected chi connectivity index (χ0v) is 14.1. The Hall–Kier alpha value is -2.67. The highest BCUT2D eigenvalue weighted by Gasteiger charge is 2.36. The molecule has 1 aliphatic rings. The maximum Gasteiger partial charge on any atom is 0.341 e. The molecular weight excluding hydrogens is 327 g/mol. The molecule has 3 rings (SSSR count). The second-order valence-electron chi connectivity index (χ2n) is 5.91. The number of anilines is 1. The maximum atomic E-state index is 14.0. The van der Waals surface area contributed by atoms with Crippen molar-refractivity contribution in [3.8, 4) is 0 Å². The molecule has 2 aromatic rings. The first-order valence-electron chi connectivity index (χ1n) is 7.93. The van der Waals surface area contributed by atoms with Crippen molar-refractivity contribution in [3.05, 3.63) is 53.7 Å². The molecule has 25 heavy (non-hydrogen) atoms. The van der Waals surface area contributed by atoms with Crippen LogP contribution in [0.5, 0.6) is 0 Å². The van der Waals surface area contributed by atoms with E-state index in [9.17, 15) is 14.0 Å². The molecule has 1 saturated heterocycles. The van der Waals surface area contributed by atoms with E-state index in [1.165, 1.54) is 30.4 Å². The Labute approximate surface area is 144 Å². The fourth-order valence-corrected chi connectivity index (χ4v) is 3.08. The molecule has 0 unspecified atom stereocenters. The molecule has 2 heterocycles. The van der Waals surface area contributed by atoms with Gasteiger partial charge in [0.2, 0.25) is 5.91 Å². The third-order valence-electron chi connectivity index (χ3n) is 4.40. The van der Waals surface area contributed by atoms with E-state index in [2.05, 4.69) is 0 Å². The number of esters is 1. The van der Waals surface area contributed by atoms with Crippen LogP contribution in [0.1, 0.15) is 22.5 Å². The number of amides is 1. The number of halogens is 1. The minimum Gasteiger partial charge on any atom is -0.467 e. The number of para-hydroxylation sites is 1. The lowest BCUT2D eigenvalue weighted by Gasteiger charge is -2.23. The third kappa shape index (κ3) is 3.28. The SMILES string of the molecule is COC(=O)c1ccoc1CN(C)[C@H]1CCN(c2ccccc2F)C1=O. The van der Waals surface area contributed by atoms with E-state index in [1.54, 1.807) is 30.1 Å². The molecule has 132 valence electrons. The van der Waals surface area contributed by atoms with Gasteiger partial charge in [-0.25, -0.2) is 9.18 Å². The van der Waals surface area contributed by atoms with Gasteiger partial charge < -0.3 is 14.1 Å². The molecule has 0 spiro atoms. The number of hydrogen-bond acceptors (Lipinski definition) is 5. The summed E-state index contributed by atoms with van der Waals surface area (Å²) in [5.41, 5.74) is 0.627. The topological polar surface area (TPSA) is 63.0 Å². The molecule has 0 aliphatic carbocycles. The van der Waals surface area contributed by atoms with Gasteiger partial charge in [0.15, 0.2) is 0 Å². The first-order chi connectivity index (χ1) is 12.0. The van der Waals surface area contributed by atoms with E-state index in [4.69, 9.17) is 9.15 Å². The van der Waals surface area contributed by atoms with Crippen LogP contribution in [0.2, 0.25) is 0 Å². The van der Waals surface area contributed by atoms with Gasteiger partial charge in [-0.2, -0.15) is 0 Å². The van der Waals surface area contributed by atoms with Crippen molar-refractivity contribution in [2.45, 2.75) is 19.0 Å². The average molecular weight is 346 g/mol. The first kappa shape index (κ1) is 17.2. The summed E-state index contributed by atoms with van der Waals surface area (Å²) in [4.78, 5) is 27.7. The number of benzene rings is 1. The van der Waals surface area contributed by atoms with E-state index in [0.717, 1.165) is 0 Å². The normalized spacial score (nSPS) is 17.4. The number of methoxy groups -OCH3 is 1. The summed E-state index contributed by atoms with van der Waals surface area (Å²) >= 11 is 0. The molecule has 1 aromatic heterocycles. The largest absolute Gasteiger partial charge is 0.467 e. The lowest BCUT2D eigenvalue weighted by Crippen LogP contribution is -2.39. The Morgan fingerprint density at radius 1 is 1.40 bits per heavy atom. The summed E-state index contributed by atoms with van der Waals surface area (Å²) < 4.78 is 24.0. The summed E-state index contributed by atoms with van der Waals surface area (Å²) in [6.07, 6.45) is 1.98. The number of hydrogen-bond donors (Lipinski definition) is 0. The van der Waals surface area contributed by atoms with E-state index in [1.807, 2.05) is 0 Å². The highest BCUT2D eigenvalue weighted by molar-refractivity contribution is 5.99. The molecule has 1 amide bonds. The predicted octanol–water partition coefficient (Wildman–Crippen LogP) is 2.44. The number of nitrogens with zero attached hydrogens (tertiary/aromatic N) is 2. The third-order valence-corrected chi connectivity index (χ3v) is 4.40. The van der Waals surface area contributed by atoms with Crippen LogP contribution < -0.4 is 4.90 Å². The number of rotatable bonds is 5.